The number of aromatic nitrogens is 1. The molecule has 0 radical (unpaired) electrons. The molecule has 1 aromatic heterocycles. The topological polar surface area (TPSA) is 85.5 Å². The largest absolute Gasteiger partial charge is 0.444 e. The van der Waals surface area contributed by atoms with E-state index in [1.807, 2.05) is 26.8 Å². The van der Waals surface area contributed by atoms with Crippen LogP contribution in [0.5, 0.6) is 0 Å². The highest BCUT2D eigenvalue weighted by Crippen LogP contribution is 2.47. The second-order valence-electron chi connectivity index (χ2n) is 10.3. The molecule has 1 aliphatic heterocycles. The van der Waals surface area contributed by atoms with Gasteiger partial charge in [-0.1, -0.05) is 23.8 Å². The maximum atomic E-state index is 12.6. The minimum atomic E-state index is -0.517. The third kappa shape index (κ3) is 3.92. The Morgan fingerprint density at radius 1 is 1.09 bits per heavy atom. The summed E-state index contributed by atoms with van der Waals surface area (Å²) >= 11 is 0. The fourth-order valence-corrected chi connectivity index (χ4v) is 5.47. The molecule has 1 aromatic carbocycles. The predicted octanol–water partition coefficient (Wildman–Crippen LogP) is 5.02. The number of carbonyl (C=O) groups is 2. The minimum Gasteiger partial charge on any atom is -0.444 e. The minimum absolute atomic E-state index is 0.277. The second kappa shape index (κ2) is 8.01. The highest BCUT2D eigenvalue weighted by molar-refractivity contribution is 5.99. The number of rotatable bonds is 2. The number of ether oxygens (including phenoxy) is 1. The number of fused-ring (bicyclic) bond motifs is 3. The van der Waals surface area contributed by atoms with Crippen molar-refractivity contribution in [2.24, 2.45) is 5.73 Å². The Morgan fingerprint density at radius 2 is 1.88 bits per heavy atom. The van der Waals surface area contributed by atoms with Gasteiger partial charge in [0.15, 0.2) is 0 Å². The molecular formula is C27H31N3O3. The van der Waals surface area contributed by atoms with E-state index in [1.165, 1.54) is 23.1 Å². The first-order chi connectivity index (χ1) is 15.7. The number of carbonyl (C=O) groups excluding carboxylic acids is 2. The number of allylic oxidation sites excluding steroid dienone is 2. The van der Waals surface area contributed by atoms with Gasteiger partial charge in [0.1, 0.15) is 5.60 Å². The average Bonchev–Trinajstić information content (AvgIpc) is 3.16. The van der Waals surface area contributed by atoms with E-state index in [4.69, 9.17) is 15.5 Å². The van der Waals surface area contributed by atoms with Crippen molar-refractivity contribution in [2.75, 3.05) is 6.54 Å². The number of benzene rings is 1. The first-order valence-corrected chi connectivity index (χ1v) is 11.8. The molecule has 0 saturated carbocycles. The van der Waals surface area contributed by atoms with Crippen LogP contribution in [0, 0.1) is 0 Å². The van der Waals surface area contributed by atoms with Crippen LogP contribution in [0.15, 0.2) is 30.0 Å². The molecule has 5 rings (SSSR count). The van der Waals surface area contributed by atoms with Crippen molar-refractivity contribution >= 4 is 17.6 Å². The maximum absolute atomic E-state index is 12.6. The molecule has 33 heavy (non-hydrogen) atoms. The Hall–Kier alpha value is -3.15. The van der Waals surface area contributed by atoms with E-state index in [1.54, 1.807) is 11.1 Å². The smallest absolute Gasteiger partial charge is 0.410 e. The molecule has 172 valence electrons. The summed E-state index contributed by atoms with van der Waals surface area (Å²) in [4.78, 5) is 31.4. The third-order valence-corrected chi connectivity index (χ3v) is 6.90. The molecule has 0 fully saturated rings. The third-order valence-electron chi connectivity index (χ3n) is 6.90. The zero-order valence-corrected chi connectivity index (χ0v) is 19.7. The van der Waals surface area contributed by atoms with Gasteiger partial charge in [-0.3, -0.25) is 9.78 Å². The van der Waals surface area contributed by atoms with Crippen molar-refractivity contribution < 1.29 is 14.3 Å². The number of hydrogen-bond acceptors (Lipinski definition) is 4. The van der Waals surface area contributed by atoms with Crippen LogP contribution in [0.25, 0.3) is 16.8 Å². The molecule has 6 heteroatoms. The van der Waals surface area contributed by atoms with Gasteiger partial charge in [-0.25, -0.2) is 4.79 Å². The zero-order valence-electron chi connectivity index (χ0n) is 19.7. The van der Waals surface area contributed by atoms with Crippen LogP contribution in [0.1, 0.15) is 79.1 Å². The van der Waals surface area contributed by atoms with Gasteiger partial charge >= 0.3 is 6.09 Å². The molecule has 0 spiro atoms. The van der Waals surface area contributed by atoms with E-state index in [0.29, 0.717) is 18.7 Å². The summed E-state index contributed by atoms with van der Waals surface area (Å²) in [5.41, 5.74) is 15.1. The maximum Gasteiger partial charge on any atom is 0.410 e. The van der Waals surface area contributed by atoms with Gasteiger partial charge in [0.05, 0.1) is 11.3 Å². The lowest BCUT2D eigenvalue weighted by Crippen LogP contribution is -2.40. The molecule has 0 bridgehead atoms. The summed E-state index contributed by atoms with van der Waals surface area (Å²) in [5, 5.41) is 0. The first-order valence-electron chi connectivity index (χ1n) is 11.8. The lowest BCUT2D eigenvalue weighted by atomic mass is 9.86. The quantitative estimate of drug-likeness (QED) is 0.703. The Bertz CT molecular complexity index is 1190. The lowest BCUT2D eigenvalue weighted by molar-refractivity contribution is 0.0224. The first kappa shape index (κ1) is 21.7. The van der Waals surface area contributed by atoms with E-state index in [9.17, 15) is 9.59 Å². The monoisotopic (exact) mass is 445 g/mol. The molecule has 2 aliphatic carbocycles. The molecule has 2 heterocycles. The highest BCUT2D eigenvalue weighted by atomic mass is 16.6. The van der Waals surface area contributed by atoms with Crippen molar-refractivity contribution in [3.05, 3.63) is 57.8 Å². The summed E-state index contributed by atoms with van der Waals surface area (Å²) in [7, 11) is 0. The van der Waals surface area contributed by atoms with E-state index in [0.717, 1.165) is 60.1 Å². The predicted molar refractivity (Wildman–Crippen MR) is 128 cm³/mol. The van der Waals surface area contributed by atoms with Crippen molar-refractivity contribution in [1.29, 1.82) is 0 Å². The van der Waals surface area contributed by atoms with Gasteiger partial charge in [0, 0.05) is 30.4 Å². The van der Waals surface area contributed by atoms with Crippen molar-refractivity contribution in [3.63, 3.8) is 0 Å². The van der Waals surface area contributed by atoms with Crippen molar-refractivity contribution in [2.45, 2.75) is 71.4 Å². The van der Waals surface area contributed by atoms with Gasteiger partial charge in [-0.05, 0) is 81.6 Å². The molecular weight excluding hydrogens is 414 g/mol. The second-order valence-corrected chi connectivity index (χ2v) is 10.3. The fraction of sp³-hybridized carbons (Fsp3) is 0.444. The summed E-state index contributed by atoms with van der Waals surface area (Å²) in [6, 6.07) is 6.24. The van der Waals surface area contributed by atoms with E-state index >= 15 is 0 Å². The van der Waals surface area contributed by atoms with E-state index in [2.05, 4.69) is 12.1 Å². The van der Waals surface area contributed by atoms with Crippen LogP contribution < -0.4 is 5.73 Å². The van der Waals surface area contributed by atoms with Gasteiger partial charge in [0.25, 0.3) is 5.91 Å². The molecule has 2 aromatic rings. The van der Waals surface area contributed by atoms with Gasteiger partial charge in [0.2, 0.25) is 0 Å². The molecule has 3 aliphatic rings. The summed E-state index contributed by atoms with van der Waals surface area (Å²) < 4.78 is 5.59. The molecule has 0 unspecified atom stereocenters. The van der Waals surface area contributed by atoms with E-state index in [-0.39, 0.29) is 6.09 Å². The Labute approximate surface area is 194 Å². The number of pyridine rings is 1. The fourth-order valence-electron chi connectivity index (χ4n) is 5.47. The SMILES string of the molecule is CC(C)(C)OC(=O)N1CCc2c(cccc2-c2ncc(C(N)=O)c3c2C2=C(CCCC2)C3)C1. The average molecular weight is 446 g/mol. The summed E-state index contributed by atoms with van der Waals surface area (Å²) in [6.45, 7) is 6.79. The molecule has 0 atom stereocenters. The highest BCUT2D eigenvalue weighted by Gasteiger charge is 2.32. The number of primary amides is 1. The number of hydrogen-bond donors (Lipinski definition) is 1. The molecule has 0 saturated heterocycles. The number of nitrogens with zero attached hydrogens (tertiary/aromatic N) is 2. The van der Waals surface area contributed by atoms with Crippen LogP contribution in [-0.2, 0) is 24.1 Å². The van der Waals surface area contributed by atoms with Crippen LogP contribution in [0.2, 0.25) is 0 Å². The Balaban J connectivity index is 1.56. The summed E-state index contributed by atoms with van der Waals surface area (Å²) in [6.07, 6.45) is 7.40. The van der Waals surface area contributed by atoms with Gasteiger partial charge < -0.3 is 15.4 Å². The summed E-state index contributed by atoms with van der Waals surface area (Å²) in [5.74, 6) is -0.409. The van der Waals surface area contributed by atoms with Crippen molar-refractivity contribution in [3.8, 4) is 11.3 Å². The standard InChI is InChI=1S/C27H31N3O3/c1-27(2,3)33-26(32)30-12-11-18-17(15-30)8-6-10-20(18)24-23-19-9-5-4-7-16(19)13-21(23)22(14-29-24)25(28)31/h6,8,10,14H,4-5,7,9,11-13,15H2,1-3H3,(H2,28,31). The van der Waals surface area contributed by atoms with Gasteiger partial charge in [-0.15, -0.1) is 0 Å². The Kier molecular flexibility index (Phi) is 5.26. The van der Waals surface area contributed by atoms with Crippen LogP contribution in [-0.4, -0.2) is 34.0 Å². The molecule has 2 amide bonds. The van der Waals surface area contributed by atoms with Crippen LogP contribution >= 0.6 is 0 Å². The lowest BCUT2D eigenvalue weighted by Gasteiger charge is -2.32. The molecule has 6 nitrogen and oxygen atoms in total. The van der Waals surface area contributed by atoms with Crippen LogP contribution in [0.4, 0.5) is 4.79 Å². The Morgan fingerprint density at radius 3 is 2.64 bits per heavy atom. The number of nitrogens with two attached hydrogens (primary N) is 1. The number of amides is 2. The normalized spacial score (nSPS) is 17.4. The molecule has 2 N–H and O–H groups in total. The van der Waals surface area contributed by atoms with E-state index < -0.39 is 11.5 Å². The zero-order chi connectivity index (χ0) is 23.3. The van der Waals surface area contributed by atoms with Crippen LogP contribution in [0.3, 0.4) is 0 Å². The van der Waals surface area contributed by atoms with Crippen molar-refractivity contribution in [1.82, 2.24) is 9.88 Å². The van der Waals surface area contributed by atoms with Gasteiger partial charge in [-0.2, -0.15) is 0 Å².